The Morgan fingerprint density at radius 2 is 2.62 bits per heavy atom. The maximum Gasteiger partial charge on any atom is 0.154 e. The number of carbonyl (C=O) groups is 1. The first-order valence-electron chi connectivity index (χ1n) is 3.01. The van der Waals surface area contributed by atoms with Crippen LogP contribution in [0.2, 0.25) is 0 Å². The predicted molar refractivity (Wildman–Crippen MR) is 27.5 cm³/mol. The largest absolute Gasteiger partial charge is 0.358 e. The van der Waals surface area contributed by atoms with Crippen molar-refractivity contribution in [1.29, 1.82) is 0 Å². The Balaban J connectivity index is 2.18. The van der Waals surface area contributed by atoms with Gasteiger partial charge in [0.1, 0.15) is 5.60 Å². The van der Waals surface area contributed by atoms with Crippen LogP contribution in [0.4, 0.5) is 0 Å². The highest BCUT2D eigenvalue weighted by Crippen LogP contribution is 2.47. The molecule has 2 aliphatic rings. The third-order valence-electron chi connectivity index (χ3n) is 2.08. The molecule has 8 heavy (non-hydrogen) atoms. The normalized spacial score (nSPS) is 50.8. The molecule has 1 aliphatic heterocycles. The average Bonchev–Trinajstić information content (AvgIpc) is 2.38. The Morgan fingerprint density at radius 1 is 1.75 bits per heavy atom. The van der Waals surface area contributed by atoms with E-state index in [0.717, 1.165) is 19.1 Å². The fourth-order valence-corrected chi connectivity index (χ4v) is 1.48. The molecule has 0 bridgehead atoms. The van der Waals surface area contributed by atoms with E-state index in [-0.39, 0.29) is 5.60 Å². The van der Waals surface area contributed by atoms with E-state index in [0.29, 0.717) is 6.10 Å². The molecule has 1 saturated carbocycles. The number of epoxide rings is 1. The maximum atomic E-state index is 10.2. The Kier molecular flexibility index (Phi) is 0.637. The zero-order valence-electron chi connectivity index (χ0n) is 4.59. The summed E-state index contributed by atoms with van der Waals surface area (Å²) in [6, 6.07) is 0. The molecule has 1 heterocycles. The number of rotatable bonds is 1. The summed E-state index contributed by atoms with van der Waals surface area (Å²) in [6.07, 6.45) is 4.49. The van der Waals surface area contributed by atoms with Crippen molar-refractivity contribution >= 4 is 6.29 Å². The molecule has 2 fully saturated rings. The summed E-state index contributed by atoms with van der Waals surface area (Å²) in [5, 5.41) is 0. The quantitative estimate of drug-likeness (QED) is 0.365. The molecule has 2 heteroatoms. The second kappa shape index (κ2) is 1.13. The number of carbonyl (C=O) groups excluding carboxylic acids is 1. The highest BCUT2D eigenvalue weighted by Gasteiger charge is 2.59. The van der Waals surface area contributed by atoms with Gasteiger partial charge in [0.15, 0.2) is 6.29 Å². The standard InChI is InChI=1S/C6H8O2/c7-4-6-3-1-2-5(6)8-6/h4-5H,1-3H2. The summed E-state index contributed by atoms with van der Waals surface area (Å²) in [5.41, 5.74) is -0.278. The Morgan fingerprint density at radius 3 is 2.88 bits per heavy atom. The van der Waals surface area contributed by atoms with Crippen LogP contribution in [0.3, 0.4) is 0 Å². The third-order valence-corrected chi connectivity index (χ3v) is 2.08. The number of fused-ring (bicyclic) bond motifs is 1. The van der Waals surface area contributed by atoms with E-state index in [4.69, 9.17) is 4.74 Å². The summed E-state index contributed by atoms with van der Waals surface area (Å²) < 4.78 is 5.12. The Bertz CT molecular complexity index is 132. The summed E-state index contributed by atoms with van der Waals surface area (Å²) in [4.78, 5) is 10.2. The lowest BCUT2D eigenvalue weighted by Crippen LogP contribution is -2.09. The molecular weight excluding hydrogens is 104 g/mol. The monoisotopic (exact) mass is 112 g/mol. The SMILES string of the molecule is O=CC12CCCC1O2. The minimum atomic E-state index is -0.278. The lowest BCUT2D eigenvalue weighted by Gasteiger charge is -1.92. The molecule has 0 amide bonds. The second-order valence-electron chi connectivity index (χ2n) is 2.57. The van der Waals surface area contributed by atoms with Crippen LogP contribution in [-0.2, 0) is 9.53 Å². The average molecular weight is 112 g/mol. The van der Waals surface area contributed by atoms with E-state index in [1.807, 2.05) is 0 Å². The van der Waals surface area contributed by atoms with Gasteiger partial charge in [0, 0.05) is 0 Å². The van der Waals surface area contributed by atoms with Crippen molar-refractivity contribution in [2.75, 3.05) is 0 Å². The minimum Gasteiger partial charge on any atom is -0.358 e. The summed E-state index contributed by atoms with van der Waals surface area (Å²) in [6.45, 7) is 0. The van der Waals surface area contributed by atoms with Gasteiger partial charge in [-0.25, -0.2) is 0 Å². The van der Waals surface area contributed by atoms with Gasteiger partial charge in [-0.05, 0) is 19.3 Å². The molecule has 0 spiro atoms. The van der Waals surface area contributed by atoms with Gasteiger partial charge in [-0.2, -0.15) is 0 Å². The van der Waals surface area contributed by atoms with E-state index in [1.54, 1.807) is 0 Å². The molecule has 1 saturated heterocycles. The molecule has 0 radical (unpaired) electrons. The van der Waals surface area contributed by atoms with Crippen LogP contribution in [0.15, 0.2) is 0 Å². The fourth-order valence-electron chi connectivity index (χ4n) is 1.48. The molecule has 0 N–H and O–H groups in total. The van der Waals surface area contributed by atoms with Gasteiger partial charge in [-0.15, -0.1) is 0 Å². The third kappa shape index (κ3) is 0.348. The van der Waals surface area contributed by atoms with Crippen molar-refractivity contribution in [2.24, 2.45) is 0 Å². The lowest BCUT2D eigenvalue weighted by atomic mass is 10.1. The van der Waals surface area contributed by atoms with Gasteiger partial charge < -0.3 is 9.53 Å². The molecule has 0 aromatic carbocycles. The molecule has 2 rings (SSSR count). The Labute approximate surface area is 47.8 Å². The summed E-state index contributed by atoms with van der Waals surface area (Å²) in [5.74, 6) is 0. The molecular formula is C6H8O2. The molecule has 2 nitrogen and oxygen atoms in total. The number of hydrogen-bond donors (Lipinski definition) is 0. The van der Waals surface area contributed by atoms with Gasteiger partial charge in [-0.3, -0.25) is 0 Å². The van der Waals surface area contributed by atoms with Crippen molar-refractivity contribution < 1.29 is 9.53 Å². The van der Waals surface area contributed by atoms with Crippen LogP contribution >= 0.6 is 0 Å². The van der Waals surface area contributed by atoms with Crippen molar-refractivity contribution in [3.63, 3.8) is 0 Å². The van der Waals surface area contributed by atoms with E-state index >= 15 is 0 Å². The van der Waals surface area contributed by atoms with Gasteiger partial charge in [0.25, 0.3) is 0 Å². The van der Waals surface area contributed by atoms with Gasteiger partial charge in [0.05, 0.1) is 6.10 Å². The van der Waals surface area contributed by atoms with Crippen molar-refractivity contribution in [3.8, 4) is 0 Å². The van der Waals surface area contributed by atoms with Gasteiger partial charge in [0.2, 0.25) is 0 Å². The van der Waals surface area contributed by atoms with Gasteiger partial charge >= 0.3 is 0 Å². The molecule has 2 atom stereocenters. The Hall–Kier alpha value is -0.370. The topological polar surface area (TPSA) is 29.6 Å². The highest BCUT2D eigenvalue weighted by molar-refractivity contribution is 5.68. The predicted octanol–water partition coefficient (Wildman–Crippen LogP) is 0.507. The van der Waals surface area contributed by atoms with Crippen LogP contribution in [0.25, 0.3) is 0 Å². The van der Waals surface area contributed by atoms with Crippen LogP contribution < -0.4 is 0 Å². The zero-order valence-corrected chi connectivity index (χ0v) is 4.59. The smallest absolute Gasteiger partial charge is 0.154 e. The molecule has 0 aromatic heterocycles. The molecule has 1 aliphatic carbocycles. The summed E-state index contributed by atoms with van der Waals surface area (Å²) in [7, 11) is 0. The highest BCUT2D eigenvalue weighted by atomic mass is 16.6. The number of ether oxygens (including phenoxy) is 1. The van der Waals surface area contributed by atoms with E-state index < -0.39 is 0 Å². The zero-order chi connectivity index (χ0) is 5.61. The fraction of sp³-hybridized carbons (Fsp3) is 0.833. The van der Waals surface area contributed by atoms with Crippen LogP contribution in [0.1, 0.15) is 19.3 Å². The van der Waals surface area contributed by atoms with Crippen molar-refractivity contribution in [2.45, 2.75) is 31.0 Å². The molecule has 44 valence electrons. The molecule has 2 unspecified atom stereocenters. The van der Waals surface area contributed by atoms with Crippen molar-refractivity contribution in [1.82, 2.24) is 0 Å². The first kappa shape index (κ1) is 4.50. The van der Waals surface area contributed by atoms with Crippen LogP contribution in [-0.4, -0.2) is 18.0 Å². The second-order valence-corrected chi connectivity index (χ2v) is 2.57. The first-order chi connectivity index (χ1) is 3.87. The van der Waals surface area contributed by atoms with Gasteiger partial charge in [-0.1, -0.05) is 0 Å². The minimum absolute atomic E-state index is 0.278. The summed E-state index contributed by atoms with van der Waals surface area (Å²) >= 11 is 0. The lowest BCUT2D eigenvalue weighted by molar-refractivity contribution is -0.112. The first-order valence-corrected chi connectivity index (χ1v) is 3.01. The number of aldehydes is 1. The maximum absolute atomic E-state index is 10.2. The van der Waals surface area contributed by atoms with Crippen molar-refractivity contribution in [3.05, 3.63) is 0 Å². The van der Waals surface area contributed by atoms with E-state index in [1.165, 1.54) is 6.42 Å². The number of hydrogen-bond acceptors (Lipinski definition) is 2. The van der Waals surface area contributed by atoms with Crippen LogP contribution in [0, 0.1) is 0 Å². The van der Waals surface area contributed by atoms with Crippen LogP contribution in [0.5, 0.6) is 0 Å². The molecule has 0 aromatic rings. The van der Waals surface area contributed by atoms with E-state index in [2.05, 4.69) is 0 Å². The van der Waals surface area contributed by atoms with E-state index in [9.17, 15) is 4.79 Å².